The number of Topliss-reactive ketones (excluding diaryl/α,β-unsaturated/α-hetero) is 1. The predicted molar refractivity (Wildman–Crippen MR) is 102 cm³/mol. The molecule has 1 aromatic rings. The summed E-state index contributed by atoms with van der Waals surface area (Å²) in [5.41, 5.74) is 2.24. The lowest BCUT2D eigenvalue weighted by Crippen LogP contribution is -2.49. The first-order valence-electron chi connectivity index (χ1n) is 9.17. The third-order valence-electron chi connectivity index (χ3n) is 5.33. The van der Waals surface area contributed by atoms with Crippen molar-refractivity contribution in [2.24, 2.45) is 5.41 Å². The zero-order chi connectivity index (χ0) is 19.9. The van der Waals surface area contributed by atoms with Crippen molar-refractivity contribution in [2.45, 2.75) is 39.0 Å². The van der Waals surface area contributed by atoms with Gasteiger partial charge in [0.25, 0.3) is 0 Å². The Morgan fingerprint density at radius 1 is 1.11 bits per heavy atom. The predicted octanol–water partition coefficient (Wildman–Crippen LogP) is 3.14. The number of methoxy groups -OCH3 is 2. The van der Waals surface area contributed by atoms with Crippen molar-refractivity contribution in [3.8, 4) is 11.5 Å². The van der Waals surface area contributed by atoms with Crippen LogP contribution in [0.25, 0.3) is 0 Å². The second-order valence-corrected chi connectivity index (χ2v) is 8.22. The van der Waals surface area contributed by atoms with Gasteiger partial charge in [0.15, 0.2) is 5.78 Å². The van der Waals surface area contributed by atoms with E-state index >= 15 is 0 Å². The molecule has 1 aromatic carbocycles. The highest BCUT2D eigenvalue weighted by Gasteiger charge is 2.45. The minimum atomic E-state index is -0.298. The van der Waals surface area contributed by atoms with Gasteiger partial charge in [-0.3, -0.25) is 9.59 Å². The molecule has 1 aliphatic carbocycles. The lowest BCUT2D eigenvalue weighted by molar-refractivity contribution is -0.143. The van der Waals surface area contributed by atoms with Crippen LogP contribution in [0.5, 0.6) is 11.5 Å². The monoisotopic (exact) mass is 372 g/mol. The highest BCUT2D eigenvalue weighted by molar-refractivity contribution is 6.02. The van der Waals surface area contributed by atoms with Crippen molar-refractivity contribution in [2.75, 3.05) is 28.3 Å². The molecule has 0 unspecified atom stereocenters. The van der Waals surface area contributed by atoms with Crippen molar-refractivity contribution in [1.29, 1.82) is 0 Å². The summed E-state index contributed by atoms with van der Waals surface area (Å²) in [4.78, 5) is 26.1. The summed E-state index contributed by atoms with van der Waals surface area (Å²) in [5.74, 6) is 1.12. The average molecular weight is 372 g/mol. The molecule has 27 heavy (non-hydrogen) atoms. The van der Waals surface area contributed by atoms with Gasteiger partial charge in [0.1, 0.15) is 11.5 Å². The third-order valence-corrected chi connectivity index (χ3v) is 5.33. The van der Waals surface area contributed by atoms with E-state index in [-0.39, 0.29) is 29.4 Å². The van der Waals surface area contributed by atoms with Gasteiger partial charge in [-0.1, -0.05) is 19.9 Å². The van der Waals surface area contributed by atoms with Gasteiger partial charge in [-0.15, -0.1) is 0 Å². The number of ether oxygens (including phenoxy) is 2. The molecule has 0 N–H and O–H groups in total. The molecule has 0 saturated heterocycles. The van der Waals surface area contributed by atoms with Crippen LogP contribution in [0.4, 0.5) is 0 Å². The van der Waals surface area contributed by atoms with Gasteiger partial charge in [-0.2, -0.15) is 0 Å². The molecule has 0 radical (unpaired) electrons. The smallest absolute Gasteiger partial charge is 0.242 e. The highest BCUT2D eigenvalue weighted by atomic mass is 16.5. The van der Waals surface area contributed by atoms with E-state index < -0.39 is 0 Å². The van der Waals surface area contributed by atoms with Gasteiger partial charge >= 0.3 is 0 Å². The number of hydrogen-bond donors (Lipinski definition) is 0. The van der Waals surface area contributed by atoms with Gasteiger partial charge < -0.3 is 9.47 Å². The van der Waals surface area contributed by atoms with E-state index in [1.54, 1.807) is 30.3 Å². The van der Waals surface area contributed by atoms with Gasteiger partial charge in [-0.05, 0) is 17.9 Å². The number of carbonyl (C=O) groups is 2. The molecule has 146 valence electrons. The Labute approximate surface area is 160 Å². The van der Waals surface area contributed by atoms with E-state index in [0.29, 0.717) is 24.3 Å². The van der Waals surface area contributed by atoms with Crippen LogP contribution in [0.15, 0.2) is 29.5 Å². The van der Waals surface area contributed by atoms with E-state index in [2.05, 4.69) is 13.8 Å². The third kappa shape index (κ3) is 3.46. The number of nitrogens with zero attached hydrogens (tertiary/aromatic N) is 2. The molecule has 1 amide bonds. The number of hydrazine groups is 1. The molecular weight excluding hydrogens is 344 g/mol. The van der Waals surface area contributed by atoms with E-state index in [0.717, 1.165) is 16.8 Å². The maximum atomic E-state index is 13.1. The van der Waals surface area contributed by atoms with Crippen molar-refractivity contribution in [3.63, 3.8) is 0 Å². The van der Waals surface area contributed by atoms with Crippen LogP contribution in [0, 0.1) is 5.41 Å². The molecule has 1 atom stereocenters. The van der Waals surface area contributed by atoms with Crippen molar-refractivity contribution < 1.29 is 19.1 Å². The standard InChI is InChI=1S/C21H28N2O4/c1-21(2)11-16-20(17(24)12-21)15(10-19(25)23(16)22(3)4)14-8-7-13(26-5)9-18(14)27-6/h7-9,15H,10-12H2,1-6H3/t15-/m1/s1. The maximum absolute atomic E-state index is 13.1. The van der Waals surface area contributed by atoms with Gasteiger partial charge in [0.2, 0.25) is 5.91 Å². The molecule has 0 fully saturated rings. The lowest BCUT2D eigenvalue weighted by Gasteiger charge is -2.44. The molecule has 0 saturated carbocycles. The Morgan fingerprint density at radius 2 is 1.81 bits per heavy atom. The number of carbonyl (C=O) groups excluding carboxylic acids is 2. The highest BCUT2D eigenvalue weighted by Crippen LogP contribution is 2.48. The topological polar surface area (TPSA) is 59.1 Å². The molecule has 3 rings (SSSR count). The Hall–Kier alpha value is -2.34. The summed E-state index contributed by atoms with van der Waals surface area (Å²) >= 11 is 0. The fraction of sp³-hybridized carbons (Fsp3) is 0.524. The van der Waals surface area contributed by atoms with Crippen molar-refractivity contribution in [1.82, 2.24) is 10.0 Å². The van der Waals surface area contributed by atoms with E-state index in [4.69, 9.17) is 9.47 Å². The second kappa shape index (κ2) is 7.00. The Bertz CT molecular complexity index is 810. The van der Waals surface area contributed by atoms with Crippen LogP contribution in [-0.2, 0) is 9.59 Å². The van der Waals surface area contributed by atoms with Crippen LogP contribution >= 0.6 is 0 Å². The molecular formula is C21H28N2O4. The summed E-state index contributed by atoms with van der Waals surface area (Å²) in [7, 11) is 6.86. The van der Waals surface area contributed by atoms with Crippen LogP contribution in [0.3, 0.4) is 0 Å². The summed E-state index contributed by atoms with van der Waals surface area (Å²) in [5, 5.41) is 3.44. The van der Waals surface area contributed by atoms with E-state index in [1.807, 2.05) is 26.2 Å². The van der Waals surface area contributed by atoms with Gasteiger partial charge in [0.05, 0.1) is 14.2 Å². The molecule has 0 aromatic heterocycles. The molecule has 0 spiro atoms. The summed E-state index contributed by atoms with van der Waals surface area (Å²) in [6.45, 7) is 4.15. The number of allylic oxidation sites excluding steroid dienone is 2. The fourth-order valence-corrected chi connectivity index (χ4v) is 4.24. The first kappa shape index (κ1) is 19.4. The lowest BCUT2D eigenvalue weighted by atomic mass is 9.69. The largest absolute Gasteiger partial charge is 0.497 e. The van der Waals surface area contributed by atoms with Crippen LogP contribution in [0.1, 0.15) is 44.6 Å². The quantitative estimate of drug-likeness (QED) is 0.813. The molecule has 2 aliphatic rings. The Kier molecular flexibility index (Phi) is 5.04. The second-order valence-electron chi connectivity index (χ2n) is 8.22. The van der Waals surface area contributed by atoms with Gasteiger partial charge in [0, 0.05) is 55.8 Å². The normalized spacial score (nSPS) is 22.2. The van der Waals surface area contributed by atoms with Crippen LogP contribution < -0.4 is 9.47 Å². The Balaban J connectivity index is 2.18. The minimum Gasteiger partial charge on any atom is -0.497 e. The number of benzene rings is 1. The number of amides is 1. The first-order valence-corrected chi connectivity index (χ1v) is 9.17. The van der Waals surface area contributed by atoms with Gasteiger partial charge in [-0.25, -0.2) is 10.0 Å². The zero-order valence-corrected chi connectivity index (χ0v) is 17.0. The van der Waals surface area contributed by atoms with Crippen molar-refractivity contribution in [3.05, 3.63) is 35.0 Å². The minimum absolute atomic E-state index is 0.00730. The summed E-state index contributed by atoms with van der Waals surface area (Å²) < 4.78 is 10.8. The van der Waals surface area contributed by atoms with Crippen LogP contribution in [-0.4, -0.2) is 50.0 Å². The summed E-state index contributed by atoms with van der Waals surface area (Å²) in [6, 6.07) is 5.55. The average Bonchev–Trinajstić information content (AvgIpc) is 2.58. The SMILES string of the molecule is COc1ccc([C@H]2CC(=O)N(N(C)C)C3=C2C(=O)CC(C)(C)C3)c(OC)c1. The number of rotatable bonds is 4. The maximum Gasteiger partial charge on any atom is 0.242 e. The first-order chi connectivity index (χ1) is 12.7. The molecule has 1 aliphatic heterocycles. The molecule has 6 nitrogen and oxygen atoms in total. The van der Waals surface area contributed by atoms with Crippen LogP contribution in [0.2, 0.25) is 0 Å². The zero-order valence-electron chi connectivity index (χ0n) is 17.0. The Morgan fingerprint density at radius 3 is 2.41 bits per heavy atom. The van der Waals surface area contributed by atoms with E-state index in [1.165, 1.54) is 0 Å². The molecule has 0 bridgehead atoms. The number of hydrogen-bond acceptors (Lipinski definition) is 5. The molecule has 1 heterocycles. The molecule has 6 heteroatoms. The summed E-state index contributed by atoms with van der Waals surface area (Å²) in [6.07, 6.45) is 1.41. The number of ketones is 1. The van der Waals surface area contributed by atoms with Crippen molar-refractivity contribution >= 4 is 11.7 Å². The fourth-order valence-electron chi connectivity index (χ4n) is 4.24. The van der Waals surface area contributed by atoms with E-state index in [9.17, 15) is 9.59 Å².